The van der Waals surface area contributed by atoms with Crippen molar-refractivity contribution in [1.82, 2.24) is 0 Å². The van der Waals surface area contributed by atoms with E-state index < -0.39 is 10.7 Å². The van der Waals surface area contributed by atoms with E-state index in [9.17, 15) is 19.6 Å². The summed E-state index contributed by atoms with van der Waals surface area (Å²) < 4.78 is 18.0. The first-order valence-corrected chi connectivity index (χ1v) is 6.04. The number of ether oxygens (including phenoxy) is 1. The largest absolute Gasteiger partial charge is 0.508 e. The van der Waals surface area contributed by atoms with Gasteiger partial charge in [0.1, 0.15) is 11.6 Å². The van der Waals surface area contributed by atoms with E-state index in [-0.39, 0.29) is 23.7 Å². The van der Waals surface area contributed by atoms with Crippen LogP contribution in [-0.2, 0) is 6.54 Å². The van der Waals surface area contributed by atoms with Crippen LogP contribution >= 0.6 is 0 Å². The van der Waals surface area contributed by atoms with E-state index in [1.54, 1.807) is 6.07 Å². The van der Waals surface area contributed by atoms with Crippen LogP contribution in [-0.4, -0.2) is 17.1 Å². The smallest absolute Gasteiger partial charge is 0.312 e. The van der Waals surface area contributed by atoms with Crippen LogP contribution < -0.4 is 10.1 Å². The fourth-order valence-electron chi connectivity index (χ4n) is 1.88. The number of nitrogens with zero attached hydrogens (tertiary/aromatic N) is 1. The van der Waals surface area contributed by atoms with Crippen molar-refractivity contribution < 1.29 is 19.2 Å². The molecule has 0 radical (unpaired) electrons. The van der Waals surface area contributed by atoms with Crippen molar-refractivity contribution in [3.63, 3.8) is 0 Å². The van der Waals surface area contributed by atoms with E-state index in [1.165, 1.54) is 31.4 Å². The summed E-state index contributed by atoms with van der Waals surface area (Å²) in [5, 5.41) is 23.1. The van der Waals surface area contributed by atoms with Gasteiger partial charge in [-0.15, -0.1) is 0 Å². The number of halogens is 1. The van der Waals surface area contributed by atoms with Gasteiger partial charge in [0.15, 0.2) is 5.75 Å². The van der Waals surface area contributed by atoms with Crippen molar-refractivity contribution in [2.75, 3.05) is 12.4 Å². The Labute approximate surface area is 119 Å². The van der Waals surface area contributed by atoms with Crippen LogP contribution in [0.3, 0.4) is 0 Å². The first-order chi connectivity index (χ1) is 9.99. The molecule has 0 aliphatic rings. The molecule has 0 amide bonds. The molecular weight excluding hydrogens is 279 g/mol. The molecular formula is C14H13FN2O4. The van der Waals surface area contributed by atoms with Gasteiger partial charge < -0.3 is 15.2 Å². The second-order valence-corrected chi connectivity index (χ2v) is 4.31. The SMILES string of the molecule is COc1ccc(NCc2cc(O)cc(F)c2)cc1[N+](=O)[O-]. The minimum Gasteiger partial charge on any atom is -0.508 e. The zero-order valence-electron chi connectivity index (χ0n) is 11.2. The van der Waals surface area contributed by atoms with Gasteiger partial charge in [-0.3, -0.25) is 10.1 Å². The third-order valence-electron chi connectivity index (χ3n) is 2.81. The Kier molecular flexibility index (Phi) is 4.22. The number of nitro benzene ring substituents is 1. The van der Waals surface area contributed by atoms with Gasteiger partial charge in [-0.2, -0.15) is 0 Å². The summed E-state index contributed by atoms with van der Waals surface area (Å²) in [6.45, 7) is 0.217. The van der Waals surface area contributed by atoms with E-state index in [1.807, 2.05) is 0 Å². The molecule has 2 aromatic rings. The number of hydrogen-bond donors (Lipinski definition) is 2. The Morgan fingerprint density at radius 1 is 1.33 bits per heavy atom. The summed E-state index contributed by atoms with van der Waals surface area (Å²) in [5.74, 6) is -0.561. The summed E-state index contributed by atoms with van der Waals surface area (Å²) >= 11 is 0. The molecule has 21 heavy (non-hydrogen) atoms. The van der Waals surface area contributed by atoms with Gasteiger partial charge in [-0.05, 0) is 29.8 Å². The van der Waals surface area contributed by atoms with Crippen molar-refractivity contribution in [3.05, 3.63) is 57.9 Å². The molecule has 0 atom stereocenters. The Bertz CT molecular complexity index is 656. The summed E-state index contributed by atoms with van der Waals surface area (Å²) in [6.07, 6.45) is 0. The molecule has 0 fully saturated rings. The van der Waals surface area contributed by atoms with Crippen LogP contribution in [0.1, 0.15) is 5.56 Å². The average Bonchev–Trinajstić information content (AvgIpc) is 2.43. The van der Waals surface area contributed by atoms with E-state index in [2.05, 4.69) is 5.32 Å². The van der Waals surface area contributed by atoms with Gasteiger partial charge in [0.25, 0.3) is 0 Å². The lowest BCUT2D eigenvalue weighted by molar-refractivity contribution is -0.385. The van der Waals surface area contributed by atoms with Gasteiger partial charge in [0, 0.05) is 24.4 Å². The van der Waals surface area contributed by atoms with E-state index in [0.717, 1.165) is 6.07 Å². The van der Waals surface area contributed by atoms with Crippen molar-refractivity contribution in [2.24, 2.45) is 0 Å². The maximum absolute atomic E-state index is 13.1. The van der Waals surface area contributed by atoms with Crippen molar-refractivity contribution in [1.29, 1.82) is 0 Å². The average molecular weight is 292 g/mol. The standard InChI is InChI=1S/C14H13FN2O4/c1-21-14-3-2-11(7-13(14)17(19)20)16-8-9-4-10(15)6-12(18)5-9/h2-7,16,18H,8H2,1H3. The molecule has 2 aromatic carbocycles. The van der Waals surface area contributed by atoms with E-state index >= 15 is 0 Å². The van der Waals surface area contributed by atoms with Gasteiger partial charge in [-0.25, -0.2) is 4.39 Å². The zero-order valence-corrected chi connectivity index (χ0v) is 11.2. The Morgan fingerprint density at radius 3 is 2.71 bits per heavy atom. The number of rotatable bonds is 5. The summed E-state index contributed by atoms with van der Waals surface area (Å²) in [4.78, 5) is 10.4. The first-order valence-electron chi connectivity index (χ1n) is 6.04. The predicted molar refractivity (Wildman–Crippen MR) is 75.0 cm³/mol. The minimum atomic E-state index is -0.549. The molecule has 0 heterocycles. The topological polar surface area (TPSA) is 84.6 Å². The fourth-order valence-corrected chi connectivity index (χ4v) is 1.88. The van der Waals surface area contributed by atoms with Crippen LogP contribution in [0.4, 0.5) is 15.8 Å². The van der Waals surface area contributed by atoms with Gasteiger partial charge in [-0.1, -0.05) is 0 Å². The highest BCUT2D eigenvalue weighted by Crippen LogP contribution is 2.29. The van der Waals surface area contributed by atoms with E-state index in [4.69, 9.17) is 4.74 Å². The van der Waals surface area contributed by atoms with Crippen LogP contribution in [0, 0.1) is 15.9 Å². The predicted octanol–water partition coefficient (Wildman–Crippen LogP) is 3.06. The number of phenols is 1. The third kappa shape index (κ3) is 3.59. The number of benzene rings is 2. The highest BCUT2D eigenvalue weighted by atomic mass is 19.1. The van der Waals surface area contributed by atoms with Crippen LogP contribution in [0.25, 0.3) is 0 Å². The minimum absolute atomic E-state index is 0.161. The number of anilines is 1. The van der Waals surface area contributed by atoms with Gasteiger partial charge in [0.05, 0.1) is 12.0 Å². The molecule has 0 aromatic heterocycles. The monoisotopic (exact) mass is 292 g/mol. The lowest BCUT2D eigenvalue weighted by Gasteiger charge is -2.08. The fraction of sp³-hybridized carbons (Fsp3) is 0.143. The normalized spacial score (nSPS) is 10.2. The van der Waals surface area contributed by atoms with E-state index in [0.29, 0.717) is 11.3 Å². The second kappa shape index (κ2) is 6.08. The summed E-state index contributed by atoms with van der Waals surface area (Å²) in [5.41, 5.74) is 0.849. The summed E-state index contributed by atoms with van der Waals surface area (Å²) in [7, 11) is 1.35. The molecule has 110 valence electrons. The van der Waals surface area contributed by atoms with Crippen molar-refractivity contribution in [3.8, 4) is 11.5 Å². The molecule has 0 bridgehead atoms. The number of nitro groups is 1. The zero-order chi connectivity index (χ0) is 15.4. The molecule has 0 saturated carbocycles. The second-order valence-electron chi connectivity index (χ2n) is 4.31. The lowest BCUT2D eigenvalue weighted by Crippen LogP contribution is -2.01. The molecule has 6 nitrogen and oxygen atoms in total. The Hall–Kier alpha value is -2.83. The van der Waals surface area contributed by atoms with Crippen LogP contribution in [0.2, 0.25) is 0 Å². The maximum Gasteiger partial charge on any atom is 0.312 e. The Balaban J connectivity index is 2.16. The number of phenolic OH excluding ortho intramolecular Hbond substituents is 1. The molecule has 0 unspecified atom stereocenters. The van der Waals surface area contributed by atoms with Crippen molar-refractivity contribution >= 4 is 11.4 Å². The van der Waals surface area contributed by atoms with Gasteiger partial charge >= 0.3 is 5.69 Å². The number of nitrogens with one attached hydrogen (secondary N) is 1. The van der Waals surface area contributed by atoms with Crippen molar-refractivity contribution in [2.45, 2.75) is 6.54 Å². The highest BCUT2D eigenvalue weighted by Gasteiger charge is 2.15. The van der Waals surface area contributed by atoms with Crippen LogP contribution in [0.5, 0.6) is 11.5 Å². The molecule has 0 spiro atoms. The quantitative estimate of drug-likeness (QED) is 0.653. The lowest BCUT2D eigenvalue weighted by atomic mass is 10.2. The molecule has 2 N–H and O–H groups in total. The summed E-state index contributed by atoms with van der Waals surface area (Å²) in [6, 6.07) is 8.10. The highest BCUT2D eigenvalue weighted by molar-refractivity contribution is 5.58. The third-order valence-corrected chi connectivity index (χ3v) is 2.81. The number of hydrogen-bond acceptors (Lipinski definition) is 5. The number of methoxy groups -OCH3 is 1. The Morgan fingerprint density at radius 2 is 2.10 bits per heavy atom. The molecule has 0 saturated heterocycles. The van der Waals surface area contributed by atoms with Gasteiger partial charge in [0.2, 0.25) is 0 Å². The molecule has 0 aliphatic heterocycles. The molecule has 0 aliphatic carbocycles. The first kappa shape index (κ1) is 14.6. The molecule has 2 rings (SSSR count). The van der Waals surface area contributed by atoms with Crippen LogP contribution in [0.15, 0.2) is 36.4 Å². The number of aromatic hydroxyl groups is 1. The maximum atomic E-state index is 13.1. The molecule has 7 heteroatoms.